The molecule has 20 heavy (non-hydrogen) atoms. The Hall–Kier alpha value is -1.47. The van der Waals surface area contributed by atoms with E-state index in [-0.39, 0.29) is 11.8 Å². The van der Waals surface area contributed by atoms with Crippen LogP contribution < -0.4 is 5.73 Å². The van der Waals surface area contributed by atoms with Gasteiger partial charge < -0.3 is 15.6 Å². The molecule has 0 saturated carbocycles. The van der Waals surface area contributed by atoms with Crippen LogP contribution in [0.3, 0.4) is 0 Å². The highest BCUT2D eigenvalue weighted by Gasteiger charge is 2.35. The Labute approximate surface area is 114 Å². The predicted molar refractivity (Wildman–Crippen MR) is 68.2 cm³/mol. The number of aromatic hydroxyl groups is 1. The molecule has 112 valence electrons. The number of nitrogen functional groups attached to an aromatic ring is 1. The highest BCUT2D eigenvalue weighted by atomic mass is 19.4. The minimum absolute atomic E-state index is 0.0558. The van der Waals surface area contributed by atoms with Crippen molar-refractivity contribution in [3.8, 4) is 5.75 Å². The molecule has 1 aromatic carbocycles. The maximum absolute atomic E-state index is 12.8. The Kier molecular flexibility index (Phi) is 4.10. The molecule has 0 bridgehead atoms. The second-order valence-electron chi connectivity index (χ2n) is 5.00. The summed E-state index contributed by atoms with van der Waals surface area (Å²) in [4.78, 5) is 2.00. The lowest BCUT2D eigenvalue weighted by atomic mass is 10.1. The van der Waals surface area contributed by atoms with Gasteiger partial charge in [0.15, 0.2) is 5.75 Å². The molecule has 1 saturated heterocycles. The van der Waals surface area contributed by atoms with E-state index in [1.165, 1.54) is 6.07 Å². The largest absolute Gasteiger partial charge is 0.505 e. The van der Waals surface area contributed by atoms with Gasteiger partial charge in [-0.1, -0.05) is 0 Å². The second kappa shape index (κ2) is 5.49. The minimum Gasteiger partial charge on any atom is -0.505 e. The number of hydrogen-bond donors (Lipinski definition) is 2. The van der Waals surface area contributed by atoms with Crippen molar-refractivity contribution in [2.24, 2.45) is 0 Å². The fraction of sp³-hybridized carbons (Fsp3) is 0.538. The number of alkyl halides is 3. The van der Waals surface area contributed by atoms with E-state index >= 15 is 0 Å². The molecule has 0 unspecified atom stereocenters. The van der Waals surface area contributed by atoms with Crippen LogP contribution >= 0.6 is 0 Å². The van der Waals surface area contributed by atoms with Crippen LogP contribution in [-0.4, -0.2) is 35.8 Å². The van der Waals surface area contributed by atoms with Gasteiger partial charge >= 0.3 is 6.18 Å². The van der Waals surface area contributed by atoms with E-state index in [1.807, 2.05) is 11.8 Å². The zero-order chi connectivity index (χ0) is 14.9. The number of nitrogens with zero attached hydrogens (tertiary/aromatic N) is 1. The molecule has 2 rings (SSSR count). The van der Waals surface area contributed by atoms with Crippen molar-refractivity contribution in [3.05, 3.63) is 23.3 Å². The van der Waals surface area contributed by atoms with Crippen LogP contribution in [0.25, 0.3) is 0 Å². The maximum Gasteiger partial charge on any atom is 0.420 e. The maximum atomic E-state index is 12.8. The molecule has 1 aliphatic heterocycles. The number of benzene rings is 1. The van der Waals surface area contributed by atoms with Crippen LogP contribution in [0.1, 0.15) is 18.1 Å². The Morgan fingerprint density at radius 1 is 1.45 bits per heavy atom. The van der Waals surface area contributed by atoms with Crippen LogP contribution in [-0.2, 0) is 17.5 Å². The minimum atomic E-state index is -4.62. The van der Waals surface area contributed by atoms with E-state index in [9.17, 15) is 18.3 Å². The van der Waals surface area contributed by atoms with Crippen molar-refractivity contribution >= 4 is 5.69 Å². The number of halogens is 3. The van der Waals surface area contributed by atoms with Crippen LogP contribution in [0.15, 0.2) is 12.1 Å². The highest BCUT2D eigenvalue weighted by molar-refractivity contribution is 5.58. The topological polar surface area (TPSA) is 58.7 Å². The molecule has 0 aromatic heterocycles. The molecular formula is C13H17F3N2O2. The van der Waals surface area contributed by atoms with Crippen molar-refractivity contribution in [1.29, 1.82) is 0 Å². The third kappa shape index (κ3) is 3.34. The lowest BCUT2D eigenvalue weighted by molar-refractivity contribution is -0.138. The summed E-state index contributed by atoms with van der Waals surface area (Å²) in [5.74, 6) is -0.906. The van der Waals surface area contributed by atoms with E-state index in [0.717, 1.165) is 6.07 Å². The average molecular weight is 290 g/mol. The van der Waals surface area contributed by atoms with Crippen LogP contribution in [0.2, 0.25) is 0 Å². The molecule has 4 nitrogen and oxygen atoms in total. The van der Waals surface area contributed by atoms with Gasteiger partial charge in [-0.05, 0) is 24.6 Å². The SMILES string of the molecule is C[C@@H]1CN(Cc2cc(N)c(O)c(C(F)(F)F)c2)CCO1. The van der Waals surface area contributed by atoms with Gasteiger partial charge in [0.2, 0.25) is 0 Å². The summed E-state index contributed by atoms with van der Waals surface area (Å²) >= 11 is 0. The number of anilines is 1. The summed E-state index contributed by atoms with van der Waals surface area (Å²) in [6, 6.07) is 2.33. The van der Waals surface area contributed by atoms with Gasteiger partial charge in [0.25, 0.3) is 0 Å². The Bertz CT molecular complexity index is 491. The van der Waals surface area contributed by atoms with Crippen LogP contribution in [0.4, 0.5) is 18.9 Å². The molecule has 1 aromatic rings. The Morgan fingerprint density at radius 2 is 2.15 bits per heavy atom. The summed E-state index contributed by atoms with van der Waals surface area (Å²) in [5.41, 5.74) is 4.55. The average Bonchev–Trinajstić information content (AvgIpc) is 2.32. The molecule has 1 fully saturated rings. The predicted octanol–water partition coefficient (Wildman–Crippen LogP) is 2.21. The van der Waals surface area contributed by atoms with Gasteiger partial charge in [0.05, 0.1) is 24.0 Å². The third-order valence-corrected chi connectivity index (χ3v) is 3.24. The van der Waals surface area contributed by atoms with Gasteiger partial charge in [-0.3, -0.25) is 4.90 Å². The number of phenolic OH excluding ortho intramolecular Hbond substituents is 1. The molecule has 7 heteroatoms. The molecule has 3 N–H and O–H groups in total. The monoisotopic (exact) mass is 290 g/mol. The summed E-state index contributed by atoms with van der Waals surface area (Å²) in [7, 11) is 0. The first-order valence-corrected chi connectivity index (χ1v) is 6.30. The van der Waals surface area contributed by atoms with Crippen molar-refractivity contribution in [3.63, 3.8) is 0 Å². The van der Waals surface area contributed by atoms with Gasteiger partial charge in [-0.2, -0.15) is 13.2 Å². The molecule has 1 aliphatic rings. The fourth-order valence-electron chi connectivity index (χ4n) is 2.32. The van der Waals surface area contributed by atoms with Crippen LogP contribution in [0.5, 0.6) is 5.75 Å². The van der Waals surface area contributed by atoms with Gasteiger partial charge in [-0.25, -0.2) is 0 Å². The normalized spacial score (nSPS) is 21.1. The van der Waals surface area contributed by atoms with E-state index < -0.39 is 17.5 Å². The molecule has 1 heterocycles. The molecule has 1 atom stereocenters. The lowest BCUT2D eigenvalue weighted by Gasteiger charge is -2.31. The van der Waals surface area contributed by atoms with E-state index in [4.69, 9.17) is 10.5 Å². The van der Waals surface area contributed by atoms with Gasteiger partial charge in [-0.15, -0.1) is 0 Å². The summed E-state index contributed by atoms with van der Waals surface area (Å²) < 4.78 is 43.8. The van der Waals surface area contributed by atoms with Gasteiger partial charge in [0.1, 0.15) is 0 Å². The first-order chi connectivity index (χ1) is 9.27. The zero-order valence-electron chi connectivity index (χ0n) is 11.1. The Morgan fingerprint density at radius 3 is 2.75 bits per heavy atom. The van der Waals surface area contributed by atoms with Crippen LogP contribution in [0, 0.1) is 0 Å². The number of rotatable bonds is 2. The van der Waals surface area contributed by atoms with Crippen molar-refractivity contribution in [2.75, 3.05) is 25.4 Å². The Balaban J connectivity index is 2.22. The summed E-state index contributed by atoms with van der Waals surface area (Å²) in [6.45, 7) is 4.13. The standard InChI is InChI=1S/C13H17F3N2O2/c1-8-6-18(2-3-20-8)7-9-4-10(13(14,15)16)12(19)11(17)5-9/h4-5,8,19H,2-3,6-7,17H2,1H3/t8-/m1/s1. The first kappa shape index (κ1) is 14.9. The summed E-state index contributed by atoms with van der Waals surface area (Å²) in [6.07, 6.45) is -4.56. The third-order valence-electron chi connectivity index (χ3n) is 3.24. The molecule has 0 amide bonds. The fourth-order valence-corrected chi connectivity index (χ4v) is 2.32. The highest BCUT2D eigenvalue weighted by Crippen LogP contribution is 2.39. The summed E-state index contributed by atoms with van der Waals surface area (Å²) in [5, 5.41) is 9.43. The quantitative estimate of drug-likeness (QED) is 0.647. The lowest BCUT2D eigenvalue weighted by Crippen LogP contribution is -2.40. The molecular weight excluding hydrogens is 273 g/mol. The number of nitrogens with two attached hydrogens (primary N) is 1. The van der Waals surface area contributed by atoms with Crippen molar-refractivity contribution < 1.29 is 23.0 Å². The van der Waals surface area contributed by atoms with E-state index in [0.29, 0.717) is 31.8 Å². The molecule has 0 aliphatic carbocycles. The number of ether oxygens (including phenoxy) is 1. The van der Waals surface area contributed by atoms with Crippen molar-refractivity contribution in [2.45, 2.75) is 25.7 Å². The number of phenols is 1. The molecule has 0 radical (unpaired) electrons. The van der Waals surface area contributed by atoms with E-state index in [1.54, 1.807) is 0 Å². The van der Waals surface area contributed by atoms with E-state index in [2.05, 4.69) is 0 Å². The zero-order valence-corrected chi connectivity index (χ0v) is 11.1. The van der Waals surface area contributed by atoms with Crippen molar-refractivity contribution in [1.82, 2.24) is 4.90 Å². The smallest absolute Gasteiger partial charge is 0.420 e. The molecule has 0 spiro atoms. The second-order valence-corrected chi connectivity index (χ2v) is 5.00. The first-order valence-electron chi connectivity index (χ1n) is 6.30. The number of hydrogen-bond acceptors (Lipinski definition) is 4. The number of morpholine rings is 1. The van der Waals surface area contributed by atoms with Gasteiger partial charge in [0, 0.05) is 19.6 Å².